The van der Waals surface area contributed by atoms with Gasteiger partial charge in [0.25, 0.3) is 5.91 Å². The molecule has 27 heavy (non-hydrogen) atoms. The molecular formula is C19H19F2NO4S. The molecule has 0 aliphatic heterocycles. The number of rotatable bonds is 9. The van der Waals surface area contributed by atoms with Gasteiger partial charge in [0.2, 0.25) is 0 Å². The second-order valence-corrected chi connectivity index (χ2v) is 6.66. The van der Waals surface area contributed by atoms with Gasteiger partial charge in [0.15, 0.2) is 6.61 Å². The van der Waals surface area contributed by atoms with Gasteiger partial charge >= 0.3 is 12.6 Å². The first-order chi connectivity index (χ1) is 12.9. The van der Waals surface area contributed by atoms with Crippen LogP contribution >= 0.6 is 11.8 Å². The highest BCUT2D eigenvalue weighted by molar-refractivity contribution is 7.99. The number of benzene rings is 2. The Morgan fingerprint density at radius 3 is 2.37 bits per heavy atom. The quantitative estimate of drug-likeness (QED) is 0.399. The fraction of sp³-hybridized carbons (Fsp3) is 0.263. The topological polar surface area (TPSA) is 64.6 Å². The number of halogens is 2. The van der Waals surface area contributed by atoms with Crippen LogP contribution in [0.25, 0.3) is 0 Å². The molecule has 0 spiro atoms. The number of carbonyl (C=O) groups is 2. The summed E-state index contributed by atoms with van der Waals surface area (Å²) in [7, 11) is 0. The van der Waals surface area contributed by atoms with Crippen LogP contribution < -0.4 is 10.1 Å². The first kappa shape index (κ1) is 20.7. The molecule has 0 bridgehead atoms. The van der Waals surface area contributed by atoms with Crippen LogP contribution in [0.5, 0.6) is 5.75 Å². The van der Waals surface area contributed by atoms with Crippen molar-refractivity contribution in [1.82, 2.24) is 5.32 Å². The minimum Gasteiger partial charge on any atom is -0.452 e. The number of thioether (sulfide) groups is 1. The van der Waals surface area contributed by atoms with Crippen molar-refractivity contribution in [2.75, 3.05) is 18.9 Å². The van der Waals surface area contributed by atoms with Gasteiger partial charge in [-0.05, 0) is 43.3 Å². The first-order valence-electron chi connectivity index (χ1n) is 8.12. The van der Waals surface area contributed by atoms with Crippen LogP contribution in [0.2, 0.25) is 0 Å². The zero-order valence-electron chi connectivity index (χ0n) is 14.6. The molecule has 0 saturated heterocycles. The maximum Gasteiger partial charge on any atom is 0.387 e. The van der Waals surface area contributed by atoms with Crippen molar-refractivity contribution in [2.45, 2.75) is 18.4 Å². The monoisotopic (exact) mass is 395 g/mol. The molecule has 2 rings (SSSR count). The van der Waals surface area contributed by atoms with Crippen LogP contribution in [-0.4, -0.2) is 37.4 Å². The zero-order chi connectivity index (χ0) is 19.6. The van der Waals surface area contributed by atoms with Gasteiger partial charge < -0.3 is 14.8 Å². The third-order valence-electron chi connectivity index (χ3n) is 3.36. The molecule has 0 heterocycles. The Hall–Kier alpha value is -2.61. The SMILES string of the molecule is Cc1ccc(SCCNC(=O)COC(=O)c2ccc(OC(F)F)cc2)cc1. The second kappa shape index (κ2) is 10.5. The molecule has 0 radical (unpaired) electrons. The number of carbonyl (C=O) groups excluding carboxylic acids is 2. The highest BCUT2D eigenvalue weighted by Crippen LogP contribution is 2.17. The number of hydrogen-bond donors (Lipinski definition) is 1. The fourth-order valence-electron chi connectivity index (χ4n) is 2.03. The third-order valence-corrected chi connectivity index (χ3v) is 4.38. The average molecular weight is 395 g/mol. The van der Waals surface area contributed by atoms with Crippen molar-refractivity contribution in [2.24, 2.45) is 0 Å². The smallest absolute Gasteiger partial charge is 0.387 e. The fourth-order valence-corrected chi connectivity index (χ4v) is 2.80. The van der Waals surface area contributed by atoms with Crippen LogP contribution in [-0.2, 0) is 9.53 Å². The van der Waals surface area contributed by atoms with Gasteiger partial charge in [0.05, 0.1) is 5.56 Å². The molecule has 0 unspecified atom stereocenters. The van der Waals surface area contributed by atoms with Gasteiger partial charge in [-0.3, -0.25) is 4.79 Å². The number of nitrogens with one attached hydrogen (secondary N) is 1. The summed E-state index contributed by atoms with van der Waals surface area (Å²) in [6, 6.07) is 13.1. The van der Waals surface area contributed by atoms with E-state index < -0.39 is 25.1 Å². The number of alkyl halides is 2. The summed E-state index contributed by atoms with van der Waals surface area (Å²) < 4.78 is 33.2. The Morgan fingerprint density at radius 2 is 1.74 bits per heavy atom. The molecule has 2 aromatic rings. The van der Waals surface area contributed by atoms with Crippen LogP contribution in [0, 0.1) is 6.92 Å². The normalized spacial score (nSPS) is 10.5. The van der Waals surface area contributed by atoms with Gasteiger partial charge in [-0.2, -0.15) is 8.78 Å². The van der Waals surface area contributed by atoms with Gasteiger partial charge in [-0.1, -0.05) is 17.7 Å². The van der Waals surface area contributed by atoms with E-state index in [9.17, 15) is 18.4 Å². The lowest BCUT2D eigenvalue weighted by atomic mass is 10.2. The van der Waals surface area contributed by atoms with Crippen molar-refractivity contribution in [3.63, 3.8) is 0 Å². The van der Waals surface area contributed by atoms with Crippen LogP contribution in [0.1, 0.15) is 15.9 Å². The van der Waals surface area contributed by atoms with Crippen molar-refractivity contribution in [3.8, 4) is 5.75 Å². The molecule has 5 nitrogen and oxygen atoms in total. The van der Waals surface area contributed by atoms with E-state index in [1.54, 1.807) is 11.8 Å². The summed E-state index contributed by atoms with van der Waals surface area (Å²) in [4.78, 5) is 24.7. The van der Waals surface area contributed by atoms with E-state index in [1.165, 1.54) is 29.8 Å². The van der Waals surface area contributed by atoms with Gasteiger partial charge in [0, 0.05) is 17.2 Å². The van der Waals surface area contributed by atoms with E-state index in [4.69, 9.17) is 4.74 Å². The van der Waals surface area contributed by atoms with E-state index in [-0.39, 0.29) is 11.3 Å². The Labute approximate surface area is 160 Å². The molecule has 0 aromatic heterocycles. The molecular weight excluding hydrogens is 376 g/mol. The predicted molar refractivity (Wildman–Crippen MR) is 98.3 cm³/mol. The highest BCUT2D eigenvalue weighted by atomic mass is 32.2. The number of hydrogen-bond acceptors (Lipinski definition) is 5. The van der Waals surface area contributed by atoms with Crippen LogP contribution in [0.15, 0.2) is 53.4 Å². The maximum atomic E-state index is 12.1. The van der Waals surface area contributed by atoms with Crippen LogP contribution in [0.3, 0.4) is 0 Å². The van der Waals surface area contributed by atoms with E-state index in [2.05, 4.69) is 10.1 Å². The molecule has 0 saturated carbocycles. The van der Waals surface area contributed by atoms with Gasteiger partial charge in [0.1, 0.15) is 5.75 Å². The van der Waals surface area contributed by atoms with Crippen molar-refractivity contribution in [1.29, 1.82) is 0 Å². The second-order valence-electron chi connectivity index (χ2n) is 5.49. The lowest BCUT2D eigenvalue weighted by Gasteiger charge is -2.08. The maximum absolute atomic E-state index is 12.1. The Balaban J connectivity index is 1.65. The van der Waals surface area contributed by atoms with E-state index in [0.717, 1.165) is 4.90 Å². The summed E-state index contributed by atoms with van der Waals surface area (Å²) in [5.41, 5.74) is 1.32. The number of ether oxygens (including phenoxy) is 2. The predicted octanol–water partition coefficient (Wildman–Crippen LogP) is 3.66. The third kappa shape index (κ3) is 7.65. The van der Waals surface area contributed by atoms with Gasteiger partial charge in [-0.15, -0.1) is 11.8 Å². The molecule has 0 aliphatic rings. The first-order valence-corrected chi connectivity index (χ1v) is 9.11. The Kier molecular flexibility index (Phi) is 8.06. The molecule has 8 heteroatoms. The standard InChI is InChI=1S/C19H19F2NO4S/c1-13-2-8-16(9-3-13)27-11-10-22-17(23)12-25-18(24)14-4-6-15(7-5-14)26-19(20)21/h2-9,19H,10-12H2,1H3,(H,22,23). The van der Waals surface area contributed by atoms with E-state index in [1.807, 2.05) is 31.2 Å². The molecule has 0 aliphatic carbocycles. The number of esters is 1. The number of amides is 1. The Bertz CT molecular complexity index is 751. The van der Waals surface area contributed by atoms with E-state index in [0.29, 0.717) is 12.3 Å². The molecule has 0 atom stereocenters. The molecule has 1 N–H and O–H groups in total. The summed E-state index contributed by atoms with van der Waals surface area (Å²) >= 11 is 1.61. The largest absolute Gasteiger partial charge is 0.452 e. The summed E-state index contributed by atoms with van der Waals surface area (Å²) in [5, 5.41) is 2.66. The number of aryl methyl sites for hydroxylation is 1. The lowest BCUT2D eigenvalue weighted by Crippen LogP contribution is -2.30. The molecule has 2 aromatic carbocycles. The molecule has 1 amide bonds. The van der Waals surface area contributed by atoms with E-state index >= 15 is 0 Å². The molecule has 144 valence electrons. The lowest BCUT2D eigenvalue weighted by molar-refractivity contribution is -0.124. The summed E-state index contributed by atoms with van der Waals surface area (Å²) in [6.07, 6.45) is 0. The van der Waals surface area contributed by atoms with Crippen molar-refractivity contribution in [3.05, 3.63) is 59.7 Å². The molecule has 0 fully saturated rings. The van der Waals surface area contributed by atoms with Crippen molar-refractivity contribution < 1.29 is 27.8 Å². The van der Waals surface area contributed by atoms with Crippen LogP contribution in [0.4, 0.5) is 8.78 Å². The zero-order valence-corrected chi connectivity index (χ0v) is 15.4. The Morgan fingerprint density at radius 1 is 1.07 bits per heavy atom. The summed E-state index contributed by atoms with van der Waals surface area (Å²) in [5.74, 6) is -0.507. The summed E-state index contributed by atoms with van der Waals surface area (Å²) in [6.45, 7) is -0.893. The van der Waals surface area contributed by atoms with Crippen molar-refractivity contribution >= 4 is 23.6 Å². The average Bonchev–Trinajstić information content (AvgIpc) is 2.65. The minimum absolute atomic E-state index is 0.0645. The highest BCUT2D eigenvalue weighted by Gasteiger charge is 2.11. The minimum atomic E-state index is -2.93. The van der Waals surface area contributed by atoms with Gasteiger partial charge in [-0.25, -0.2) is 4.79 Å².